The highest BCUT2D eigenvalue weighted by atomic mass is 16.5. The molecule has 0 spiro atoms. The highest BCUT2D eigenvalue weighted by molar-refractivity contribution is 5.98. The lowest BCUT2D eigenvalue weighted by atomic mass is 10.1. The van der Waals surface area contributed by atoms with Crippen molar-refractivity contribution in [2.24, 2.45) is 0 Å². The van der Waals surface area contributed by atoms with E-state index in [1.165, 1.54) is 11.0 Å². The normalized spacial score (nSPS) is 13.3. The van der Waals surface area contributed by atoms with E-state index in [4.69, 9.17) is 9.94 Å². The van der Waals surface area contributed by atoms with E-state index in [9.17, 15) is 14.4 Å². The van der Waals surface area contributed by atoms with E-state index in [2.05, 4.69) is 5.32 Å². The zero-order valence-corrected chi connectivity index (χ0v) is 14.7. The Morgan fingerprint density at radius 2 is 1.93 bits per heavy atom. The van der Waals surface area contributed by atoms with Gasteiger partial charge >= 0.3 is 0 Å². The SMILES string of the molecule is COc1ccc(CC(=O)N2CC(=O)Nc3ccc(C(=O)NO)cc3C2)cc1. The molecule has 140 valence electrons. The molecule has 3 N–H and O–H groups in total. The van der Waals surface area contributed by atoms with E-state index >= 15 is 0 Å². The van der Waals surface area contributed by atoms with Crippen LogP contribution in [0.1, 0.15) is 21.5 Å². The molecule has 0 saturated carbocycles. The minimum absolute atomic E-state index is 0.0782. The summed E-state index contributed by atoms with van der Waals surface area (Å²) in [5.41, 5.74) is 3.76. The van der Waals surface area contributed by atoms with Crippen molar-refractivity contribution in [3.05, 3.63) is 59.2 Å². The zero-order valence-electron chi connectivity index (χ0n) is 14.7. The third kappa shape index (κ3) is 4.24. The molecule has 8 nitrogen and oxygen atoms in total. The largest absolute Gasteiger partial charge is 0.497 e. The molecule has 8 heteroatoms. The van der Waals surface area contributed by atoms with E-state index in [0.29, 0.717) is 17.0 Å². The standard InChI is InChI=1S/C19H19N3O5/c1-27-15-5-2-12(3-6-15)8-18(24)22-10-14-9-13(19(25)21-26)4-7-16(14)20-17(23)11-22/h2-7,9,26H,8,10-11H2,1H3,(H,20,23)(H,21,25). The van der Waals surface area contributed by atoms with Gasteiger partial charge in [-0.3, -0.25) is 19.6 Å². The third-order valence-electron chi connectivity index (χ3n) is 4.31. The highest BCUT2D eigenvalue weighted by Gasteiger charge is 2.24. The number of carbonyl (C=O) groups is 3. The number of amides is 3. The highest BCUT2D eigenvalue weighted by Crippen LogP contribution is 2.23. The van der Waals surface area contributed by atoms with Crippen LogP contribution in [0.4, 0.5) is 5.69 Å². The average molecular weight is 369 g/mol. The van der Waals surface area contributed by atoms with Crippen molar-refractivity contribution >= 4 is 23.4 Å². The second kappa shape index (κ2) is 7.88. The van der Waals surface area contributed by atoms with E-state index in [1.807, 2.05) is 0 Å². The first-order chi connectivity index (χ1) is 13.0. The number of hydroxylamine groups is 1. The molecule has 2 aromatic carbocycles. The number of ether oxygens (including phenoxy) is 1. The number of fused-ring (bicyclic) bond motifs is 1. The molecule has 0 radical (unpaired) electrons. The third-order valence-corrected chi connectivity index (χ3v) is 4.31. The summed E-state index contributed by atoms with van der Waals surface area (Å²) in [5.74, 6) is -0.482. The first-order valence-electron chi connectivity index (χ1n) is 8.28. The Labute approximate surface area is 155 Å². The summed E-state index contributed by atoms with van der Waals surface area (Å²) < 4.78 is 5.10. The van der Waals surface area contributed by atoms with Crippen LogP contribution in [0, 0.1) is 0 Å². The van der Waals surface area contributed by atoms with Gasteiger partial charge < -0.3 is 15.0 Å². The summed E-state index contributed by atoms with van der Waals surface area (Å²) >= 11 is 0. The minimum atomic E-state index is -0.663. The quantitative estimate of drug-likeness (QED) is 0.557. The molecule has 0 fully saturated rings. The van der Waals surface area contributed by atoms with Crippen LogP contribution in [0.2, 0.25) is 0 Å². The summed E-state index contributed by atoms with van der Waals surface area (Å²) in [6.45, 7) is 0.0980. The molecule has 3 rings (SSSR count). The number of nitrogens with one attached hydrogen (secondary N) is 2. The topological polar surface area (TPSA) is 108 Å². The fourth-order valence-corrected chi connectivity index (χ4v) is 2.88. The molecule has 0 unspecified atom stereocenters. The Kier molecular flexibility index (Phi) is 5.37. The fraction of sp³-hybridized carbons (Fsp3) is 0.211. The molecule has 0 aromatic heterocycles. The summed E-state index contributed by atoms with van der Waals surface area (Å²) in [5, 5.41) is 11.5. The van der Waals surface area contributed by atoms with Gasteiger partial charge in [0.05, 0.1) is 13.5 Å². The Balaban J connectivity index is 1.80. The fourth-order valence-electron chi connectivity index (χ4n) is 2.88. The van der Waals surface area contributed by atoms with E-state index < -0.39 is 5.91 Å². The van der Waals surface area contributed by atoms with E-state index in [-0.39, 0.29) is 36.9 Å². The van der Waals surface area contributed by atoms with Gasteiger partial charge in [0.1, 0.15) is 12.3 Å². The minimum Gasteiger partial charge on any atom is -0.497 e. The Hall–Kier alpha value is -3.39. The number of rotatable bonds is 4. The van der Waals surface area contributed by atoms with Gasteiger partial charge in [-0.2, -0.15) is 0 Å². The Morgan fingerprint density at radius 1 is 1.19 bits per heavy atom. The Morgan fingerprint density at radius 3 is 2.59 bits per heavy atom. The maximum atomic E-state index is 12.7. The number of nitrogens with zero attached hydrogens (tertiary/aromatic N) is 1. The second-order valence-corrected chi connectivity index (χ2v) is 6.14. The monoisotopic (exact) mass is 369 g/mol. The van der Waals surface area contributed by atoms with Crippen molar-refractivity contribution in [1.29, 1.82) is 0 Å². The van der Waals surface area contributed by atoms with E-state index in [0.717, 1.165) is 5.56 Å². The number of hydrogen-bond donors (Lipinski definition) is 3. The van der Waals surface area contributed by atoms with Crippen LogP contribution >= 0.6 is 0 Å². The molecule has 0 atom stereocenters. The van der Waals surface area contributed by atoms with Crippen LogP contribution in [0.15, 0.2) is 42.5 Å². The maximum absolute atomic E-state index is 12.7. The molecule has 0 bridgehead atoms. The molecule has 1 aliphatic heterocycles. The molecule has 3 amide bonds. The molecule has 27 heavy (non-hydrogen) atoms. The molecular formula is C19H19N3O5. The van der Waals surface area contributed by atoms with Crippen LogP contribution < -0.4 is 15.5 Å². The molecule has 1 aliphatic rings. The number of methoxy groups -OCH3 is 1. The van der Waals surface area contributed by atoms with Crippen molar-refractivity contribution in [3.8, 4) is 5.75 Å². The summed E-state index contributed by atoms with van der Waals surface area (Å²) in [6.07, 6.45) is 0.142. The number of carbonyl (C=O) groups excluding carboxylic acids is 3. The smallest absolute Gasteiger partial charge is 0.274 e. The maximum Gasteiger partial charge on any atom is 0.274 e. The van der Waals surface area contributed by atoms with Crippen LogP contribution in [0.3, 0.4) is 0 Å². The van der Waals surface area contributed by atoms with E-state index in [1.54, 1.807) is 49.0 Å². The van der Waals surface area contributed by atoms with Crippen molar-refractivity contribution in [3.63, 3.8) is 0 Å². The zero-order chi connectivity index (χ0) is 19.4. The molecule has 0 aliphatic carbocycles. The summed E-state index contributed by atoms with van der Waals surface area (Å²) in [4.78, 5) is 37.9. The van der Waals surface area contributed by atoms with Crippen molar-refractivity contribution in [1.82, 2.24) is 10.4 Å². The van der Waals surface area contributed by atoms with Gasteiger partial charge in [0.15, 0.2) is 0 Å². The summed E-state index contributed by atoms with van der Waals surface area (Å²) in [6, 6.07) is 11.7. The molecule has 2 aromatic rings. The van der Waals surface area contributed by atoms with Crippen molar-refractivity contribution in [2.75, 3.05) is 19.0 Å². The predicted octanol–water partition coefficient (Wildman–Crippen LogP) is 1.34. The molecule has 1 heterocycles. The van der Waals surface area contributed by atoms with Gasteiger partial charge in [-0.05, 0) is 41.5 Å². The van der Waals surface area contributed by atoms with Crippen LogP contribution in [0.25, 0.3) is 0 Å². The predicted molar refractivity (Wildman–Crippen MR) is 96.4 cm³/mol. The lowest BCUT2D eigenvalue weighted by molar-refractivity contribution is -0.134. The number of benzene rings is 2. The van der Waals surface area contributed by atoms with Gasteiger partial charge in [-0.25, -0.2) is 5.48 Å². The van der Waals surface area contributed by atoms with Crippen LogP contribution in [-0.2, 0) is 22.6 Å². The number of anilines is 1. The van der Waals surface area contributed by atoms with Gasteiger partial charge in [-0.15, -0.1) is 0 Å². The molecule has 0 saturated heterocycles. The lowest BCUT2D eigenvalue weighted by Crippen LogP contribution is -2.36. The summed E-state index contributed by atoms with van der Waals surface area (Å²) in [7, 11) is 1.57. The van der Waals surface area contributed by atoms with Crippen molar-refractivity contribution in [2.45, 2.75) is 13.0 Å². The first kappa shape index (κ1) is 18.4. The van der Waals surface area contributed by atoms with Gasteiger partial charge in [0, 0.05) is 17.8 Å². The Bertz CT molecular complexity index is 879. The van der Waals surface area contributed by atoms with Crippen LogP contribution in [0.5, 0.6) is 5.75 Å². The van der Waals surface area contributed by atoms with Gasteiger partial charge in [0.25, 0.3) is 5.91 Å². The van der Waals surface area contributed by atoms with Crippen LogP contribution in [-0.4, -0.2) is 41.5 Å². The van der Waals surface area contributed by atoms with Gasteiger partial charge in [-0.1, -0.05) is 12.1 Å². The molecular weight excluding hydrogens is 350 g/mol. The first-order valence-corrected chi connectivity index (χ1v) is 8.28. The average Bonchev–Trinajstić information content (AvgIpc) is 2.85. The second-order valence-electron chi connectivity index (χ2n) is 6.14. The lowest BCUT2D eigenvalue weighted by Gasteiger charge is -2.20. The van der Waals surface area contributed by atoms with Crippen molar-refractivity contribution < 1.29 is 24.3 Å². The number of hydrogen-bond acceptors (Lipinski definition) is 5. The van der Waals surface area contributed by atoms with Gasteiger partial charge in [0.2, 0.25) is 11.8 Å².